The average Bonchev–Trinajstić information content (AvgIpc) is 3.46. The molecule has 12 heteroatoms. The van der Waals surface area contributed by atoms with Crippen LogP contribution in [0.5, 0.6) is 0 Å². The van der Waals surface area contributed by atoms with Crippen LogP contribution in [0.4, 0.5) is 0 Å². The second-order valence-corrected chi connectivity index (χ2v) is 18.1. The molecule has 2 atom stereocenters. The number of esters is 2. The van der Waals surface area contributed by atoms with Gasteiger partial charge in [-0.15, -0.1) is 0 Å². The highest BCUT2D eigenvalue weighted by molar-refractivity contribution is 7.45. The molecule has 344 valence electrons. The number of aryl methyl sites for hydroxylation is 2. The first-order valence-corrected chi connectivity index (χ1v) is 24.3. The molecule has 11 nitrogen and oxygen atoms in total. The number of allylic oxidation sites excluding steroid dienone is 8. The molecule has 0 aliphatic carbocycles. The lowest BCUT2D eigenvalue weighted by molar-refractivity contribution is -0.870. The average molecular weight is 864 g/mol. The van der Waals surface area contributed by atoms with Gasteiger partial charge in [-0.25, -0.2) is 0 Å². The van der Waals surface area contributed by atoms with E-state index in [0.717, 1.165) is 101 Å². The van der Waals surface area contributed by atoms with Crippen molar-refractivity contribution in [2.75, 3.05) is 54.1 Å². The molecule has 0 saturated carbocycles. The van der Waals surface area contributed by atoms with Crippen LogP contribution < -0.4 is 4.89 Å². The van der Waals surface area contributed by atoms with E-state index < -0.39 is 32.5 Å². The SMILES string of the molecule is CCCCCc1oc(CCCCCCCCC(=O)O[C@H](COC(=O)CCC/C=C\C/C=C\C/C=C\C/C=C\CCCCCO)COP(=O)([O-])OCC[N+](C)(C)C)c(C)c1C. The van der Waals surface area contributed by atoms with Crippen molar-refractivity contribution in [3.63, 3.8) is 0 Å². The highest BCUT2D eigenvalue weighted by Gasteiger charge is 2.22. The largest absolute Gasteiger partial charge is 0.756 e. The lowest BCUT2D eigenvalue weighted by atomic mass is 10.0. The summed E-state index contributed by atoms with van der Waals surface area (Å²) in [6.07, 6.45) is 35.6. The van der Waals surface area contributed by atoms with Crippen LogP contribution in [-0.4, -0.2) is 81.7 Å². The molecule has 1 aromatic rings. The summed E-state index contributed by atoms with van der Waals surface area (Å²) in [5.41, 5.74) is 2.58. The Bertz CT molecular complexity index is 1440. The number of ether oxygens (including phenoxy) is 2. The predicted molar refractivity (Wildman–Crippen MR) is 240 cm³/mol. The van der Waals surface area contributed by atoms with Crippen LogP contribution in [0.15, 0.2) is 53.0 Å². The smallest absolute Gasteiger partial charge is 0.306 e. The number of phosphoric acid groups is 1. The Hall–Kier alpha value is -2.79. The fourth-order valence-electron chi connectivity index (χ4n) is 6.22. The summed E-state index contributed by atoms with van der Waals surface area (Å²) in [4.78, 5) is 37.7. The number of quaternary nitrogens is 1. The molecule has 60 heavy (non-hydrogen) atoms. The molecule has 0 bridgehead atoms. The van der Waals surface area contributed by atoms with Crippen molar-refractivity contribution in [3.05, 3.63) is 71.3 Å². The molecule has 0 aliphatic heterocycles. The van der Waals surface area contributed by atoms with Gasteiger partial charge in [-0.1, -0.05) is 100 Å². The van der Waals surface area contributed by atoms with Gasteiger partial charge in [0.2, 0.25) is 0 Å². The quantitative estimate of drug-likeness (QED) is 0.0224. The van der Waals surface area contributed by atoms with E-state index >= 15 is 0 Å². The number of nitrogens with zero attached hydrogens (tertiary/aromatic N) is 1. The third-order valence-electron chi connectivity index (χ3n) is 10.1. The van der Waals surface area contributed by atoms with Gasteiger partial charge in [-0.3, -0.25) is 14.2 Å². The van der Waals surface area contributed by atoms with Crippen molar-refractivity contribution in [2.45, 2.75) is 168 Å². The molecule has 1 heterocycles. The summed E-state index contributed by atoms with van der Waals surface area (Å²) in [6.45, 7) is 6.39. The Kier molecular flexibility index (Phi) is 32.0. The van der Waals surface area contributed by atoms with Gasteiger partial charge >= 0.3 is 11.9 Å². The van der Waals surface area contributed by atoms with Gasteiger partial charge in [0, 0.05) is 32.3 Å². The van der Waals surface area contributed by atoms with Crippen LogP contribution in [0.2, 0.25) is 0 Å². The zero-order chi connectivity index (χ0) is 44.3. The van der Waals surface area contributed by atoms with Gasteiger partial charge in [0.1, 0.15) is 31.3 Å². The number of carbonyl (C=O) groups excluding carboxylic acids is 2. The van der Waals surface area contributed by atoms with Crippen molar-refractivity contribution in [1.29, 1.82) is 0 Å². The molecular weight excluding hydrogens is 781 g/mol. The highest BCUT2D eigenvalue weighted by atomic mass is 31.2. The summed E-state index contributed by atoms with van der Waals surface area (Å²) < 4.78 is 40.1. The molecule has 0 saturated heterocycles. The van der Waals surface area contributed by atoms with Crippen molar-refractivity contribution in [2.24, 2.45) is 0 Å². The minimum atomic E-state index is -4.66. The van der Waals surface area contributed by atoms with E-state index in [4.69, 9.17) is 28.0 Å². The van der Waals surface area contributed by atoms with Crippen LogP contribution in [0.25, 0.3) is 0 Å². The Morgan fingerprint density at radius 3 is 1.78 bits per heavy atom. The fraction of sp³-hybridized carbons (Fsp3) is 0.708. The first kappa shape index (κ1) is 55.2. The molecule has 1 rings (SSSR count). The predicted octanol–water partition coefficient (Wildman–Crippen LogP) is 10.7. The molecule has 1 unspecified atom stereocenters. The van der Waals surface area contributed by atoms with Gasteiger partial charge in [0.15, 0.2) is 6.10 Å². The molecular formula is C48H82NO10P. The zero-order valence-corrected chi connectivity index (χ0v) is 39.2. The summed E-state index contributed by atoms with van der Waals surface area (Å²) in [6, 6.07) is 0. The van der Waals surface area contributed by atoms with Gasteiger partial charge in [0.05, 0.1) is 27.7 Å². The van der Waals surface area contributed by atoms with Gasteiger partial charge in [-0.2, -0.15) is 0 Å². The minimum absolute atomic E-state index is 0.0549. The fourth-order valence-corrected chi connectivity index (χ4v) is 6.94. The van der Waals surface area contributed by atoms with E-state index in [-0.39, 0.29) is 32.7 Å². The van der Waals surface area contributed by atoms with Gasteiger partial charge in [-0.05, 0) is 95.6 Å². The first-order chi connectivity index (χ1) is 28.8. The van der Waals surface area contributed by atoms with Crippen LogP contribution in [0.1, 0.15) is 158 Å². The minimum Gasteiger partial charge on any atom is -0.756 e. The van der Waals surface area contributed by atoms with E-state index in [1.165, 1.54) is 30.4 Å². The van der Waals surface area contributed by atoms with Crippen molar-refractivity contribution >= 4 is 19.8 Å². The van der Waals surface area contributed by atoms with Gasteiger partial charge in [0.25, 0.3) is 7.82 Å². The molecule has 0 aromatic carbocycles. The number of carbonyl (C=O) groups is 2. The Morgan fingerprint density at radius 2 is 1.20 bits per heavy atom. The van der Waals surface area contributed by atoms with Crippen molar-refractivity contribution in [3.8, 4) is 0 Å². The molecule has 0 radical (unpaired) electrons. The first-order valence-electron chi connectivity index (χ1n) is 22.8. The molecule has 0 amide bonds. The van der Waals surface area contributed by atoms with Gasteiger partial charge < -0.3 is 37.4 Å². The Labute approximate surface area is 363 Å². The number of furan rings is 1. The maximum atomic E-state index is 12.8. The summed E-state index contributed by atoms with van der Waals surface area (Å²) in [5, 5.41) is 8.80. The molecule has 0 spiro atoms. The second-order valence-electron chi connectivity index (χ2n) is 16.7. The normalized spacial score (nSPS) is 13.9. The van der Waals surface area contributed by atoms with Crippen LogP contribution in [0, 0.1) is 13.8 Å². The maximum absolute atomic E-state index is 12.8. The lowest BCUT2D eigenvalue weighted by Gasteiger charge is -2.28. The summed E-state index contributed by atoms with van der Waals surface area (Å²) in [5.74, 6) is 1.31. The Balaban J connectivity index is 2.41. The van der Waals surface area contributed by atoms with E-state index in [2.05, 4.69) is 63.3 Å². The van der Waals surface area contributed by atoms with E-state index in [1.54, 1.807) is 0 Å². The monoisotopic (exact) mass is 864 g/mol. The lowest BCUT2D eigenvalue weighted by Crippen LogP contribution is -2.37. The van der Waals surface area contributed by atoms with Crippen molar-refractivity contribution in [1.82, 2.24) is 0 Å². The Morgan fingerprint density at radius 1 is 0.683 bits per heavy atom. The van der Waals surface area contributed by atoms with Crippen molar-refractivity contribution < 1.29 is 51.6 Å². The standard InChI is InChI=1S/C48H82NO10P/c1-7-8-28-33-45-42(2)43(3)46(59-45)34-29-24-21-22-26-31-36-48(52)58-44(41-57-60(53,54)56-39-37-49(4,5)6)40-55-47(51)35-30-25-20-18-16-14-12-10-9-11-13-15-17-19-23-27-32-38-50/h9,11-12,14-15,17-18,20,44,50H,7-8,10,13,16,19,21-41H2,1-6H3/b11-9-,14-12-,17-15-,20-18-/t44-/m1/s1. The number of phosphoric ester groups is 1. The number of likely N-dealkylation sites (N-methyl/N-ethyl adjacent to an activating group) is 1. The number of aliphatic hydroxyl groups is 1. The van der Waals surface area contributed by atoms with E-state index in [1.807, 2.05) is 27.2 Å². The molecule has 1 N–H and O–H groups in total. The van der Waals surface area contributed by atoms with E-state index in [9.17, 15) is 19.0 Å². The number of hydrogen-bond donors (Lipinski definition) is 1. The van der Waals surface area contributed by atoms with Crippen LogP contribution >= 0.6 is 7.82 Å². The molecule has 0 aliphatic rings. The maximum Gasteiger partial charge on any atom is 0.306 e. The number of unbranched alkanes of at least 4 members (excludes halogenated alkanes) is 11. The summed E-state index contributed by atoms with van der Waals surface area (Å²) >= 11 is 0. The molecule has 1 aromatic heterocycles. The second kappa shape index (κ2) is 34.8. The zero-order valence-electron chi connectivity index (χ0n) is 38.3. The molecule has 0 fully saturated rings. The number of hydrogen-bond acceptors (Lipinski definition) is 10. The number of aliphatic hydroxyl groups excluding tert-OH is 1. The third kappa shape index (κ3) is 31.1. The van der Waals surface area contributed by atoms with E-state index in [0.29, 0.717) is 30.3 Å². The highest BCUT2D eigenvalue weighted by Crippen LogP contribution is 2.38. The van der Waals surface area contributed by atoms with Crippen LogP contribution in [0.3, 0.4) is 0 Å². The van der Waals surface area contributed by atoms with Crippen LogP contribution in [-0.2, 0) is 45.5 Å². The summed E-state index contributed by atoms with van der Waals surface area (Å²) in [7, 11) is 1.08. The third-order valence-corrected chi connectivity index (χ3v) is 11.1. The number of rotatable bonds is 38. The topological polar surface area (TPSA) is 145 Å².